The molecule has 132 valence electrons. The molecule has 25 heavy (non-hydrogen) atoms. The van der Waals surface area contributed by atoms with Gasteiger partial charge in [0.25, 0.3) is 0 Å². The second-order valence-electron chi connectivity index (χ2n) is 5.20. The molecule has 2 heterocycles. The molecule has 0 unspecified atom stereocenters. The Hall–Kier alpha value is -2.75. The Morgan fingerprint density at radius 1 is 1.36 bits per heavy atom. The Balaban J connectivity index is 1.66. The first kappa shape index (κ1) is 17.1. The molecule has 0 bridgehead atoms. The molecule has 2 aromatic rings. The third-order valence-corrected chi connectivity index (χ3v) is 4.50. The van der Waals surface area contributed by atoms with Crippen LogP contribution < -0.4 is 15.9 Å². The number of nitrogen functional groups attached to an aromatic ring is 1. The van der Waals surface area contributed by atoms with Crippen molar-refractivity contribution in [2.45, 2.75) is 12.1 Å². The summed E-state index contributed by atoms with van der Waals surface area (Å²) in [6.45, 7) is 3.37. The number of nitrogens with two attached hydrogens (primary N) is 1. The van der Waals surface area contributed by atoms with Crippen molar-refractivity contribution in [3.05, 3.63) is 24.3 Å². The number of carbonyl (C=O) groups excluding carboxylic acids is 2. The molecule has 0 spiro atoms. The van der Waals surface area contributed by atoms with Crippen LogP contribution in [-0.4, -0.2) is 57.2 Å². The van der Waals surface area contributed by atoms with Crippen LogP contribution in [0.4, 0.5) is 4.79 Å². The lowest BCUT2D eigenvalue weighted by Gasteiger charge is -2.11. The van der Waals surface area contributed by atoms with Gasteiger partial charge in [-0.3, -0.25) is 9.69 Å². The van der Waals surface area contributed by atoms with Crippen molar-refractivity contribution in [3.63, 3.8) is 0 Å². The maximum absolute atomic E-state index is 12.0. The van der Waals surface area contributed by atoms with E-state index in [4.69, 9.17) is 10.6 Å². The summed E-state index contributed by atoms with van der Waals surface area (Å²) in [5, 5.41) is 11.1. The summed E-state index contributed by atoms with van der Waals surface area (Å²) in [5.41, 5.74) is 0.788. The predicted octanol–water partition coefficient (Wildman–Crippen LogP) is 0.701. The fraction of sp³-hybridized carbons (Fsp3) is 0.333. The lowest BCUT2D eigenvalue weighted by atomic mass is 10.2. The van der Waals surface area contributed by atoms with Gasteiger partial charge >= 0.3 is 6.03 Å². The van der Waals surface area contributed by atoms with Crippen LogP contribution in [0.1, 0.15) is 6.92 Å². The molecule has 1 aromatic heterocycles. The molecule has 0 radical (unpaired) electrons. The number of rotatable bonds is 6. The van der Waals surface area contributed by atoms with E-state index < -0.39 is 0 Å². The molecular formula is C15H18N6O3S. The van der Waals surface area contributed by atoms with E-state index >= 15 is 0 Å². The SMILES string of the molecule is CCOc1ccc(-c2nnc(SCC(=O)N3CCNC3=O)n2N)cc1. The molecule has 10 heteroatoms. The lowest BCUT2D eigenvalue weighted by molar-refractivity contribution is -0.124. The normalized spacial score (nSPS) is 13.8. The van der Waals surface area contributed by atoms with E-state index in [2.05, 4.69) is 15.5 Å². The van der Waals surface area contributed by atoms with E-state index in [0.29, 0.717) is 30.7 Å². The standard InChI is InChI=1S/C15H18N6O3S/c1-2-24-11-5-3-10(4-6-11)13-18-19-15(21(13)16)25-9-12(22)20-8-7-17-14(20)23/h3-6H,2,7-9,16H2,1H3,(H,17,23). The Labute approximate surface area is 148 Å². The van der Waals surface area contributed by atoms with E-state index in [9.17, 15) is 9.59 Å². The quantitative estimate of drug-likeness (QED) is 0.574. The minimum atomic E-state index is -0.366. The number of amides is 3. The van der Waals surface area contributed by atoms with Gasteiger partial charge in [-0.15, -0.1) is 10.2 Å². The summed E-state index contributed by atoms with van der Waals surface area (Å²) in [5.74, 6) is 7.06. The zero-order valence-corrected chi connectivity index (χ0v) is 14.5. The first-order valence-electron chi connectivity index (χ1n) is 7.75. The fourth-order valence-corrected chi connectivity index (χ4v) is 3.09. The van der Waals surface area contributed by atoms with Gasteiger partial charge < -0.3 is 15.9 Å². The van der Waals surface area contributed by atoms with Crippen LogP contribution in [0.2, 0.25) is 0 Å². The largest absolute Gasteiger partial charge is 0.494 e. The van der Waals surface area contributed by atoms with Gasteiger partial charge in [0.15, 0.2) is 5.82 Å². The van der Waals surface area contributed by atoms with Crippen LogP contribution in [0.25, 0.3) is 11.4 Å². The number of aromatic nitrogens is 3. The van der Waals surface area contributed by atoms with Gasteiger partial charge in [-0.05, 0) is 31.2 Å². The number of imide groups is 1. The minimum absolute atomic E-state index is 0.0615. The van der Waals surface area contributed by atoms with Gasteiger partial charge in [-0.25, -0.2) is 9.47 Å². The van der Waals surface area contributed by atoms with Crippen molar-refractivity contribution >= 4 is 23.7 Å². The highest BCUT2D eigenvalue weighted by molar-refractivity contribution is 7.99. The van der Waals surface area contributed by atoms with Crippen LogP contribution in [-0.2, 0) is 4.79 Å². The number of nitrogens with one attached hydrogen (secondary N) is 1. The van der Waals surface area contributed by atoms with Crippen molar-refractivity contribution in [1.82, 2.24) is 25.1 Å². The molecule has 3 rings (SSSR count). The zero-order chi connectivity index (χ0) is 17.8. The first-order chi connectivity index (χ1) is 12.1. The average molecular weight is 362 g/mol. The number of ether oxygens (including phenoxy) is 1. The number of hydrogen-bond donors (Lipinski definition) is 2. The third kappa shape index (κ3) is 3.68. The van der Waals surface area contributed by atoms with Gasteiger partial charge in [-0.1, -0.05) is 11.8 Å². The Bertz CT molecular complexity index is 776. The van der Waals surface area contributed by atoms with Gasteiger partial charge in [0.05, 0.1) is 12.4 Å². The molecular weight excluding hydrogens is 344 g/mol. The third-order valence-electron chi connectivity index (χ3n) is 3.57. The highest BCUT2D eigenvalue weighted by Crippen LogP contribution is 2.24. The molecule has 1 fully saturated rings. The monoisotopic (exact) mass is 362 g/mol. The summed E-state index contributed by atoms with van der Waals surface area (Å²) in [4.78, 5) is 24.7. The summed E-state index contributed by atoms with van der Waals surface area (Å²) < 4.78 is 6.73. The highest BCUT2D eigenvalue weighted by Gasteiger charge is 2.26. The van der Waals surface area contributed by atoms with Crippen molar-refractivity contribution < 1.29 is 14.3 Å². The first-order valence-corrected chi connectivity index (χ1v) is 8.73. The highest BCUT2D eigenvalue weighted by atomic mass is 32.2. The van der Waals surface area contributed by atoms with Gasteiger partial charge in [0.2, 0.25) is 11.1 Å². The smallest absolute Gasteiger partial charge is 0.324 e. The second-order valence-corrected chi connectivity index (χ2v) is 6.14. The number of hydrogen-bond acceptors (Lipinski definition) is 7. The van der Waals surface area contributed by atoms with Crippen molar-refractivity contribution in [3.8, 4) is 17.1 Å². The van der Waals surface area contributed by atoms with Crippen LogP contribution >= 0.6 is 11.8 Å². The van der Waals surface area contributed by atoms with E-state index in [1.54, 1.807) is 0 Å². The molecule has 3 amide bonds. The second kappa shape index (κ2) is 7.43. The molecule has 3 N–H and O–H groups in total. The van der Waals surface area contributed by atoms with Crippen molar-refractivity contribution in [1.29, 1.82) is 0 Å². The number of benzene rings is 1. The Morgan fingerprint density at radius 2 is 2.12 bits per heavy atom. The molecule has 0 saturated carbocycles. The molecule has 1 aliphatic heterocycles. The number of nitrogens with zero attached hydrogens (tertiary/aromatic N) is 4. The number of carbonyl (C=O) groups is 2. The fourth-order valence-electron chi connectivity index (χ4n) is 2.35. The van der Waals surface area contributed by atoms with Gasteiger partial charge in [-0.2, -0.15) is 0 Å². The molecule has 1 saturated heterocycles. The van der Waals surface area contributed by atoms with Crippen LogP contribution in [0.5, 0.6) is 5.75 Å². The maximum atomic E-state index is 12.0. The van der Waals surface area contributed by atoms with E-state index in [1.807, 2.05) is 31.2 Å². The topological polar surface area (TPSA) is 115 Å². The van der Waals surface area contributed by atoms with Crippen LogP contribution in [0, 0.1) is 0 Å². The molecule has 0 aliphatic carbocycles. The molecule has 1 aliphatic rings. The van der Waals surface area contributed by atoms with Crippen molar-refractivity contribution in [2.75, 3.05) is 31.3 Å². The van der Waals surface area contributed by atoms with Crippen LogP contribution in [0.15, 0.2) is 29.4 Å². The molecule has 9 nitrogen and oxygen atoms in total. The lowest BCUT2D eigenvalue weighted by Crippen LogP contribution is -2.35. The van der Waals surface area contributed by atoms with E-state index in [-0.39, 0.29) is 17.7 Å². The minimum Gasteiger partial charge on any atom is -0.494 e. The predicted molar refractivity (Wildman–Crippen MR) is 92.6 cm³/mol. The Morgan fingerprint density at radius 3 is 2.76 bits per heavy atom. The Kier molecular flexibility index (Phi) is 5.08. The van der Waals surface area contributed by atoms with E-state index in [1.165, 1.54) is 9.58 Å². The maximum Gasteiger partial charge on any atom is 0.324 e. The van der Waals surface area contributed by atoms with Crippen LogP contribution in [0.3, 0.4) is 0 Å². The van der Waals surface area contributed by atoms with Gasteiger partial charge in [0, 0.05) is 18.7 Å². The number of thioether (sulfide) groups is 1. The van der Waals surface area contributed by atoms with Gasteiger partial charge in [0.1, 0.15) is 5.75 Å². The number of urea groups is 1. The summed E-state index contributed by atoms with van der Waals surface area (Å²) >= 11 is 1.14. The zero-order valence-electron chi connectivity index (χ0n) is 13.6. The molecule has 0 atom stereocenters. The summed E-state index contributed by atoms with van der Waals surface area (Å²) in [7, 11) is 0. The summed E-state index contributed by atoms with van der Waals surface area (Å²) in [6.07, 6.45) is 0. The molecule has 1 aromatic carbocycles. The van der Waals surface area contributed by atoms with Crippen molar-refractivity contribution in [2.24, 2.45) is 0 Å². The summed E-state index contributed by atoms with van der Waals surface area (Å²) in [6, 6.07) is 6.97. The van der Waals surface area contributed by atoms with E-state index in [0.717, 1.165) is 23.1 Å². The average Bonchev–Trinajstić information content (AvgIpc) is 3.20.